The van der Waals surface area contributed by atoms with Gasteiger partial charge in [-0.2, -0.15) is 5.26 Å². The Labute approximate surface area is 173 Å². The maximum atomic E-state index is 12.7. The number of aryl methyl sites for hydroxylation is 1. The Balaban J connectivity index is 1.93. The summed E-state index contributed by atoms with van der Waals surface area (Å²) in [5.74, 6) is 0.517. The quantitative estimate of drug-likeness (QED) is 0.419. The van der Waals surface area contributed by atoms with Gasteiger partial charge in [-0.15, -0.1) is 10.1 Å². The molecule has 1 aliphatic heterocycles. The summed E-state index contributed by atoms with van der Waals surface area (Å²) in [7, 11) is 0. The largest absolute Gasteiger partial charge is 0.485 e. The van der Waals surface area contributed by atoms with Gasteiger partial charge in [0.1, 0.15) is 17.5 Å². The van der Waals surface area contributed by atoms with Gasteiger partial charge in [0.2, 0.25) is 0 Å². The number of aliphatic hydroxyl groups excluding tert-OH is 1. The molecule has 0 saturated heterocycles. The molecule has 158 valence electrons. The summed E-state index contributed by atoms with van der Waals surface area (Å²) in [4.78, 5) is 27.2. The number of rotatable bonds is 7. The topological polar surface area (TPSA) is 128 Å². The Kier molecular flexibility index (Phi) is 6.08. The normalized spacial score (nSPS) is 19.3. The summed E-state index contributed by atoms with van der Waals surface area (Å²) in [6, 6.07) is 9.44. The fourth-order valence-electron chi connectivity index (χ4n) is 3.62. The molecule has 0 amide bonds. The molecule has 0 spiro atoms. The highest BCUT2D eigenvalue weighted by Gasteiger charge is 2.44. The lowest BCUT2D eigenvalue weighted by atomic mass is 9.85. The van der Waals surface area contributed by atoms with Crippen molar-refractivity contribution in [3.05, 3.63) is 73.7 Å². The molecular formula is C21H23N3O6. The predicted molar refractivity (Wildman–Crippen MR) is 107 cm³/mol. The molecule has 30 heavy (non-hydrogen) atoms. The molecule has 0 bridgehead atoms. The number of unbranched alkanes of at least 4 members (excludes halogenated alkanes) is 1. The number of hydrogen-bond donors (Lipinski definition) is 1. The third-order valence-electron chi connectivity index (χ3n) is 5.20. The van der Waals surface area contributed by atoms with Crippen molar-refractivity contribution in [2.75, 3.05) is 6.61 Å². The number of aromatic nitrogens is 1. The van der Waals surface area contributed by atoms with E-state index in [1.165, 1.54) is 10.6 Å². The summed E-state index contributed by atoms with van der Waals surface area (Å²) < 4.78 is 7.39. The predicted octanol–water partition coefficient (Wildman–Crippen LogP) is 2.37. The molecule has 9 nitrogen and oxygen atoms in total. The molecule has 1 aromatic carbocycles. The fourth-order valence-corrected chi connectivity index (χ4v) is 3.62. The molecule has 2 atom stereocenters. The van der Waals surface area contributed by atoms with E-state index in [1.54, 1.807) is 44.3 Å². The Morgan fingerprint density at radius 2 is 2.10 bits per heavy atom. The molecule has 3 rings (SSSR count). The molecule has 2 aromatic rings. The molecule has 0 saturated carbocycles. The third kappa shape index (κ3) is 4.44. The molecule has 0 radical (unpaired) electrons. The van der Waals surface area contributed by atoms with Crippen LogP contribution in [0.25, 0.3) is 0 Å². The van der Waals surface area contributed by atoms with Crippen molar-refractivity contribution in [1.82, 2.24) is 4.57 Å². The van der Waals surface area contributed by atoms with Crippen LogP contribution < -0.4 is 10.3 Å². The summed E-state index contributed by atoms with van der Waals surface area (Å²) >= 11 is 0. The standard InChI is InChI=1S/C21H23N3O6/c1-21(2)20(26)19(16-11-15(12-22)6-8-17(16)30-21)23-13-14(7-9-18(23)25)5-3-4-10-29-24(27)28/h6-9,11,13,19-20,26H,3-5,10H2,1-2H3. The molecular weight excluding hydrogens is 390 g/mol. The average molecular weight is 413 g/mol. The van der Waals surface area contributed by atoms with Crippen molar-refractivity contribution >= 4 is 0 Å². The van der Waals surface area contributed by atoms with Crippen LogP contribution in [0.3, 0.4) is 0 Å². The molecule has 1 N–H and O–H groups in total. The van der Waals surface area contributed by atoms with Crippen LogP contribution in [0.4, 0.5) is 0 Å². The first-order valence-electron chi connectivity index (χ1n) is 9.62. The maximum Gasteiger partial charge on any atom is 0.294 e. The lowest BCUT2D eigenvalue weighted by Gasteiger charge is -2.42. The Bertz CT molecular complexity index is 1040. The highest BCUT2D eigenvalue weighted by Crippen LogP contribution is 2.41. The van der Waals surface area contributed by atoms with Crippen molar-refractivity contribution in [2.45, 2.75) is 50.9 Å². The molecule has 1 aromatic heterocycles. The van der Waals surface area contributed by atoms with Gasteiger partial charge in [-0.25, -0.2) is 0 Å². The number of aliphatic hydroxyl groups is 1. The minimum absolute atomic E-state index is 0.0177. The minimum Gasteiger partial charge on any atom is -0.485 e. The van der Waals surface area contributed by atoms with E-state index in [2.05, 4.69) is 10.9 Å². The van der Waals surface area contributed by atoms with E-state index in [0.29, 0.717) is 36.1 Å². The van der Waals surface area contributed by atoms with Crippen molar-refractivity contribution < 1.29 is 19.8 Å². The Morgan fingerprint density at radius 1 is 1.33 bits per heavy atom. The minimum atomic E-state index is -1.03. The van der Waals surface area contributed by atoms with Crippen molar-refractivity contribution in [2.24, 2.45) is 0 Å². The van der Waals surface area contributed by atoms with Gasteiger partial charge < -0.3 is 19.2 Å². The summed E-state index contributed by atoms with van der Waals surface area (Å²) in [6.45, 7) is 3.51. The van der Waals surface area contributed by atoms with Crippen LogP contribution in [-0.4, -0.2) is 33.1 Å². The van der Waals surface area contributed by atoms with E-state index < -0.39 is 22.8 Å². The van der Waals surface area contributed by atoms with Crippen LogP contribution in [0.15, 0.2) is 41.3 Å². The first-order chi connectivity index (χ1) is 14.2. The Morgan fingerprint density at radius 3 is 2.80 bits per heavy atom. The van der Waals surface area contributed by atoms with Crippen molar-refractivity contribution in [3.8, 4) is 11.8 Å². The lowest BCUT2D eigenvalue weighted by Crippen LogP contribution is -2.52. The lowest BCUT2D eigenvalue weighted by molar-refractivity contribution is -0.757. The van der Waals surface area contributed by atoms with Crippen molar-refractivity contribution in [3.63, 3.8) is 0 Å². The monoisotopic (exact) mass is 413 g/mol. The van der Waals surface area contributed by atoms with E-state index in [9.17, 15) is 25.3 Å². The third-order valence-corrected chi connectivity index (χ3v) is 5.20. The second-order valence-corrected chi connectivity index (χ2v) is 7.76. The number of hydrogen-bond acceptors (Lipinski definition) is 7. The highest BCUT2D eigenvalue weighted by molar-refractivity contribution is 5.46. The van der Waals surface area contributed by atoms with Gasteiger partial charge in [-0.1, -0.05) is 6.07 Å². The molecule has 1 aliphatic rings. The van der Waals surface area contributed by atoms with E-state index in [0.717, 1.165) is 5.56 Å². The molecule has 0 aliphatic carbocycles. The van der Waals surface area contributed by atoms with Crippen molar-refractivity contribution in [1.29, 1.82) is 5.26 Å². The van der Waals surface area contributed by atoms with E-state index >= 15 is 0 Å². The van der Waals surface area contributed by atoms with Crippen LogP contribution in [0.1, 0.15) is 49.4 Å². The summed E-state index contributed by atoms with van der Waals surface area (Å²) in [6.07, 6.45) is 2.40. The SMILES string of the molecule is CC1(C)Oc2ccc(C#N)cc2C(n2cc(CCCCO[N+](=O)[O-])ccc2=O)C1O. The van der Waals surface area contributed by atoms with Crippen LogP contribution in [-0.2, 0) is 11.3 Å². The molecule has 0 fully saturated rings. The summed E-state index contributed by atoms with van der Waals surface area (Å²) in [5, 5.41) is 29.7. The number of ether oxygens (including phenoxy) is 1. The van der Waals surface area contributed by atoms with E-state index in [-0.39, 0.29) is 12.2 Å². The number of benzene rings is 1. The van der Waals surface area contributed by atoms with Crippen LogP contribution in [0, 0.1) is 21.4 Å². The van der Waals surface area contributed by atoms with E-state index in [4.69, 9.17) is 4.74 Å². The van der Waals surface area contributed by atoms with Gasteiger partial charge in [0.15, 0.2) is 0 Å². The molecule has 2 unspecified atom stereocenters. The Hall–Kier alpha value is -3.38. The number of nitriles is 1. The number of fused-ring (bicyclic) bond motifs is 1. The van der Waals surface area contributed by atoms with Gasteiger partial charge in [0, 0.05) is 17.8 Å². The zero-order valence-corrected chi connectivity index (χ0v) is 16.8. The fraction of sp³-hybridized carbons (Fsp3) is 0.429. The zero-order chi connectivity index (χ0) is 21.9. The first-order valence-corrected chi connectivity index (χ1v) is 9.62. The van der Waals surface area contributed by atoms with Gasteiger partial charge in [0.25, 0.3) is 10.6 Å². The highest BCUT2D eigenvalue weighted by atomic mass is 16.9. The van der Waals surface area contributed by atoms with Crippen LogP contribution >= 0.6 is 0 Å². The number of nitrogens with zero attached hydrogens (tertiary/aromatic N) is 3. The molecule has 9 heteroatoms. The zero-order valence-electron chi connectivity index (χ0n) is 16.8. The molecule has 2 heterocycles. The number of pyridine rings is 1. The van der Waals surface area contributed by atoms with Crippen LogP contribution in [0.5, 0.6) is 5.75 Å². The second-order valence-electron chi connectivity index (χ2n) is 7.76. The van der Waals surface area contributed by atoms with Gasteiger partial charge in [-0.05, 0) is 56.9 Å². The van der Waals surface area contributed by atoms with Crippen LogP contribution in [0.2, 0.25) is 0 Å². The van der Waals surface area contributed by atoms with Gasteiger partial charge >= 0.3 is 0 Å². The van der Waals surface area contributed by atoms with E-state index in [1.807, 2.05) is 0 Å². The maximum absolute atomic E-state index is 12.7. The van der Waals surface area contributed by atoms with Gasteiger partial charge in [0.05, 0.1) is 24.3 Å². The smallest absolute Gasteiger partial charge is 0.294 e. The first kappa shape index (κ1) is 21.3. The summed E-state index contributed by atoms with van der Waals surface area (Å²) in [5.41, 5.74) is 0.598. The average Bonchev–Trinajstić information content (AvgIpc) is 2.69. The van der Waals surface area contributed by atoms with Gasteiger partial charge in [-0.3, -0.25) is 4.79 Å². The second kappa shape index (κ2) is 8.55.